The molecule has 4 amide bonds. The lowest BCUT2D eigenvalue weighted by atomic mass is 10.0. The highest BCUT2D eigenvalue weighted by Crippen LogP contribution is 2.19. The number of carbonyl (C=O) groups excluding carboxylic acids is 3. The van der Waals surface area contributed by atoms with Gasteiger partial charge in [-0.2, -0.15) is 0 Å². The molecule has 1 saturated heterocycles. The summed E-state index contributed by atoms with van der Waals surface area (Å²) in [5.74, 6) is -1.73. The van der Waals surface area contributed by atoms with Gasteiger partial charge in [0, 0.05) is 11.1 Å². The first kappa shape index (κ1) is 12.7. The predicted molar refractivity (Wildman–Crippen MR) is 64.7 cm³/mol. The smallest absolute Gasteiger partial charge is 0.277 e. The first-order valence-electron chi connectivity index (χ1n) is 5.60. The van der Waals surface area contributed by atoms with Gasteiger partial charge < -0.3 is 0 Å². The zero-order valence-electron chi connectivity index (χ0n) is 10.1. The van der Waals surface area contributed by atoms with E-state index in [0.29, 0.717) is 11.4 Å². The van der Waals surface area contributed by atoms with E-state index in [9.17, 15) is 14.4 Å². The molecule has 1 aliphatic rings. The average molecular weight is 267 g/mol. The van der Waals surface area contributed by atoms with Crippen LogP contribution < -0.4 is 5.32 Å². The zero-order valence-corrected chi connectivity index (χ0v) is 10.9. The number of imide groups is 2. The van der Waals surface area contributed by atoms with Crippen molar-refractivity contribution >= 4 is 29.2 Å². The summed E-state index contributed by atoms with van der Waals surface area (Å²) in [6.45, 7) is 3.76. The van der Waals surface area contributed by atoms with Gasteiger partial charge in [0.05, 0.1) is 6.54 Å². The number of aryl methyl sites for hydroxylation is 1. The molecule has 0 radical (unpaired) electrons. The van der Waals surface area contributed by atoms with Crippen molar-refractivity contribution in [2.24, 2.45) is 5.92 Å². The summed E-state index contributed by atoms with van der Waals surface area (Å²) >= 11 is 1.43. The molecule has 0 bridgehead atoms. The van der Waals surface area contributed by atoms with Crippen LogP contribution in [-0.4, -0.2) is 27.7 Å². The van der Waals surface area contributed by atoms with Gasteiger partial charge in [-0.05, 0) is 13.3 Å². The van der Waals surface area contributed by atoms with Crippen LogP contribution in [0.2, 0.25) is 0 Å². The molecule has 0 saturated carbocycles. The van der Waals surface area contributed by atoms with Crippen LogP contribution in [0.3, 0.4) is 0 Å². The molecule has 2 heterocycles. The van der Waals surface area contributed by atoms with Crippen LogP contribution in [0.25, 0.3) is 0 Å². The number of thiazole rings is 1. The fourth-order valence-electron chi connectivity index (χ4n) is 1.78. The minimum absolute atomic E-state index is 0.118. The molecule has 1 atom stereocenters. The third-order valence-corrected chi connectivity index (χ3v) is 3.62. The van der Waals surface area contributed by atoms with Crippen molar-refractivity contribution in [3.63, 3.8) is 0 Å². The number of hydrogen-bond donors (Lipinski definition) is 1. The Hall–Kier alpha value is -1.76. The maximum absolute atomic E-state index is 12.0. The number of rotatable bonds is 3. The topological polar surface area (TPSA) is 79.4 Å². The Labute approximate surface area is 108 Å². The van der Waals surface area contributed by atoms with Crippen LogP contribution in [-0.2, 0) is 16.1 Å². The van der Waals surface area contributed by atoms with Crippen molar-refractivity contribution in [1.82, 2.24) is 15.2 Å². The lowest BCUT2D eigenvalue weighted by molar-refractivity contribution is -0.143. The third-order valence-electron chi connectivity index (χ3n) is 2.73. The van der Waals surface area contributed by atoms with Crippen LogP contribution in [0.4, 0.5) is 4.79 Å². The van der Waals surface area contributed by atoms with Gasteiger partial charge in [0.15, 0.2) is 0 Å². The second-order valence-electron chi connectivity index (χ2n) is 4.04. The van der Waals surface area contributed by atoms with Crippen molar-refractivity contribution in [1.29, 1.82) is 0 Å². The molecule has 1 unspecified atom stereocenters. The molecule has 6 nitrogen and oxygen atoms in total. The van der Waals surface area contributed by atoms with E-state index in [0.717, 1.165) is 9.78 Å². The first-order valence-corrected chi connectivity index (χ1v) is 6.42. The lowest BCUT2D eigenvalue weighted by Gasteiger charge is -2.28. The number of nitrogens with one attached hydrogen (secondary N) is 1. The number of barbiturate groups is 1. The molecule has 18 heavy (non-hydrogen) atoms. The molecular formula is C11H13N3O3S. The van der Waals surface area contributed by atoms with Crippen LogP contribution in [0.5, 0.6) is 0 Å². The van der Waals surface area contributed by atoms with Gasteiger partial charge in [0.1, 0.15) is 10.9 Å². The van der Waals surface area contributed by atoms with E-state index < -0.39 is 23.8 Å². The number of urea groups is 1. The van der Waals surface area contributed by atoms with Crippen molar-refractivity contribution in [3.8, 4) is 0 Å². The van der Waals surface area contributed by atoms with Gasteiger partial charge in [-0.1, -0.05) is 6.92 Å². The van der Waals surface area contributed by atoms with Gasteiger partial charge in [-0.3, -0.25) is 19.8 Å². The SMILES string of the molecule is CCC1C(=O)NC(=O)N(Cc2ncc(C)s2)C1=O. The second kappa shape index (κ2) is 4.85. The van der Waals surface area contributed by atoms with E-state index in [1.807, 2.05) is 6.92 Å². The predicted octanol–water partition coefficient (Wildman–Crippen LogP) is 1.06. The number of hydrogen-bond acceptors (Lipinski definition) is 5. The number of aromatic nitrogens is 1. The lowest BCUT2D eigenvalue weighted by Crippen LogP contribution is -2.57. The highest BCUT2D eigenvalue weighted by Gasteiger charge is 2.39. The molecule has 1 N–H and O–H groups in total. The normalized spacial score (nSPS) is 20.2. The van der Waals surface area contributed by atoms with Gasteiger partial charge in [-0.15, -0.1) is 11.3 Å². The van der Waals surface area contributed by atoms with E-state index >= 15 is 0 Å². The summed E-state index contributed by atoms with van der Waals surface area (Å²) in [6.07, 6.45) is 2.07. The van der Waals surface area contributed by atoms with E-state index in [1.165, 1.54) is 11.3 Å². The maximum atomic E-state index is 12.0. The monoisotopic (exact) mass is 267 g/mol. The Morgan fingerprint density at radius 3 is 2.72 bits per heavy atom. The van der Waals surface area contributed by atoms with Crippen LogP contribution in [0.15, 0.2) is 6.20 Å². The Balaban J connectivity index is 2.18. The van der Waals surface area contributed by atoms with E-state index in [2.05, 4.69) is 10.3 Å². The molecule has 2 rings (SSSR count). The van der Waals surface area contributed by atoms with E-state index in [4.69, 9.17) is 0 Å². The Morgan fingerprint density at radius 2 is 2.17 bits per heavy atom. The summed E-state index contributed by atoms with van der Waals surface area (Å²) in [5, 5.41) is 2.87. The highest BCUT2D eigenvalue weighted by molar-refractivity contribution is 7.11. The summed E-state index contributed by atoms with van der Waals surface area (Å²) in [7, 11) is 0. The van der Waals surface area contributed by atoms with E-state index in [1.54, 1.807) is 13.1 Å². The molecule has 0 aromatic carbocycles. The number of nitrogens with zero attached hydrogens (tertiary/aromatic N) is 2. The van der Waals surface area contributed by atoms with Crippen molar-refractivity contribution in [2.75, 3.05) is 0 Å². The van der Waals surface area contributed by atoms with Crippen LogP contribution in [0, 0.1) is 12.8 Å². The molecule has 1 fully saturated rings. The third kappa shape index (κ3) is 2.26. The molecular weight excluding hydrogens is 254 g/mol. The van der Waals surface area contributed by atoms with Crippen molar-refractivity contribution in [2.45, 2.75) is 26.8 Å². The average Bonchev–Trinajstić information content (AvgIpc) is 2.70. The Morgan fingerprint density at radius 1 is 1.44 bits per heavy atom. The number of amides is 4. The minimum Gasteiger partial charge on any atom is -0.277 e. The van der Waals surface area contributed by atoms with Crippen LogP contribution in [0.1, 0.15) is 23.2 Å². The molecule has 1 aromatic rings. The highest BCUT2D eigenvalue weighted by atomic mass is 32.1. The second-order valence-corrected chi connectivity index (χ2v) is 5.36. The zero-order chi connectivity index (χ0) is 13.3. The Bertz CT molecular complexity index is 511. The quantitative estimate of drug-likeness (QED) is 0.830. The largest absolute Gasteiger partial charge is 0.331 e. The van der Waals surface area contributed by atoms with Gasteiger partial charge in [0.2, 0.25) is 11.8 Å². The first-order chi connectivity index (χ1) is 8.52. The fourth-order valence-corrected chi connectivity index (χ4v) is 2.56. The summed E-state index contributed by atoms with van der Waals surface area (Å²) in [4.78, 5) is 41.3. The Kier molecular flexibility index (Phi) is 3.42. The fraction of sp³-hybridized carbons (Fsp3) is 0.455. The van der Waals surface area contributed by atoms with Crippen molar-refractivity contribution < 1.29 is 14.4 Å². The van der Waals surface area contributed by atoms with Gasteiger partial charge in [-0.25, -0.2) is 9.78 Å². The molecule has 0 spiro atoms. The van der Waals surface area contributed by atoms with Crippen LogP contribution >= 0.6 is 11.3 Å². The summed E-state index contributed by atoms with van der Waals surface area (Å²) in [5.41, 5.74) is 0. The molecule has 96 valence electrons. The summed E-state index contributed by atoms with van der Waals surface area (Å²) < 4.78 is 0. The van der Waals surface area contributed by atoms with E-state index in [-0.39, 0.29) is 6.54 Å². The minimum atomic E-state index is -0.774. The standard InChI is InChI=1S/C11H13N3O3S/c1-3-7-9(15)13-11(17)14(10(7)16)5-8-12-4-6(2)18-8/h4,7H,3,5H2,1-2H3,(H,13,15,17). The number of carbonyl (C=O) groups is 3. The molecule has 0 aliphatic carbocycles. The molecule has 1 aliphatic heterocycles. The van der Waals surface area contributed by atoms with Crippen molar-refractivity contribution in [3.05, 3.63) is 16.1 Å². The summed E-state index contributed by atoms with van der Waals surface area (Å²) in [6, 6.07) is -0.664. The van der Waals surface area contributed by atoms with Gasteiger partial charge in [0.25, 0.3) is 0 Å². The molecule has 1 aromatic heterocycles. The molecule has 7 heteroatoms. The van der Waals surface area contributed by atoms with Gasteiger partial charge >= 0.3 is 6.03 Å². The maximum Gasteiger partial charge on any atom is 0.331 e.